The second-order valence-electron chi connectivity index (χ2n) is 3.57. The first-order valence-electron chi connectivity index (χ1n) is 5.14. The van der Waals surface area contributed by atoms with E-state index in [4.69, 9.17) is 21.4 Å². The Bertz CT molecular complexity index is 599. The lowest BCUT2D eigenvalue weighted by atomic mass is 10.0. The molecular weight excluding hydrogens is 254 g/mol. The van der Waals surface area contributed by atoms with Crippen LogP contribution in [0.15, 0.2) is 36.7 Å². The summed E-state index contributed by atoms with van der Waals surface area (Å²) < 4.78 is 5.11. The minimum absolute atomic E-state index is 0.104. The molecule has 2 aromatic rings. The summed E-state index contributed by atoms with van der Waals surface area (Å²) in [4.78, 5) is 15.0. The number of carboxylic acids is 1. The molecular formula is C13H10ClNO3. The molecule has 0 bridgehead atoms. The van der Waals surface area contributed by atoms with Crippen molar-refractivity contribution in [3.8, 4) is 16.9 Å². The van der Waals surface area contributed by atoms with Crippen molar-refractivity contribution >= 4 is 17.6 Å². The van der Waals surface area contributed by atoms with Gasteiger partial charge in [-0.3, -0.25) is 4.98 Å². The Hall–Kier alpha value is -2.07. The van der Waals surface area contributed by atoms with Crippen LogP contribution in [0.4, 0.5) is 0 Å². The summed E-state index contributed by atoms with van der Waals surface area (Å²) in [6.45, 7) is 0. The zero-order valence-electron chi connectivity index (χ0n) is 9.55. The Kier molecular flexibility index (Phi) is 3.48. The van der Waals surface area contributed by atoms with E-state index in [0.717, 1.165) is 0 Å². The monoisotopic (exact) mass is 263 g/mol. The summed E-state index contributed by atoms with van der Waals surface area (Å²) in [6, 6.07) is 6.70. The molecule has 5 heteroatoms. The fraction of sp³-hybridized carbons (Fsp3) is 0.0769. The van der Waals surface area contributed by atoms with E-state index in [1.54, 1.807) is 24.3 Å². The first-order valence-corrected chi connectivity index (χ1v) is 5.52. The van der Waals surface area contributed by atoms with E-state index in [0.29, 0.717) is 21.9 Å². The second-order valence-corrected chi connectivity index (χ2v) is 3.98. The highest BCUT2D eigenvalue weighted by Crippen LogP contribution is 2.33. The van der Waals surface area contributed by atoms with Crippen LogP contribution in [0.25, 0.3) is 11.1 Å². The van der Waals surface area contributed by atoms with Crippen molar-refractivity contribution in [2.45, 2.75) is 0 Å². The van der Waals surface area contributed by atoms with E-state index < -0.39 is 5.97 Å². The molecule has 0 saturated heterocycles. The number of halogens is 1. The lowest BCUT2D eigenvalue weighted by Gasteiger charge is -2.09. The van der Waals surface area contributed by atoms with Gasteiger partial charge in [0.25, 0.3) is 0 Å². The van der Waals surface area contributed by atoms with Gasteiger partial charge in [0.1, 0.15) is 5.75 Å². The van der Waals surface area contributed by atoms with Crippen molar-refractivity contribution in [3.05, 3.63) is 47.2 Å². The van der Waals surface area contributed by atoms with Crippen LogP contribution in [-0.4, -0.2) is 23.2 Å². The molecule has 1 aromatic heterocycles. The number of carbonyl (C=O) groups is 1. The van der Waals surface area contributed by atoms with Crippen molar-refractivity contribution in [2.75, 3.05) is 7.11 Å². The predicted molar refractivity (Wildman–Crippen MR) is 68.2 cm³/mol. The second kappa shape index (κ2) is 5.06. The first kappa shape index (κ1) is 12.4. The molecule has 0 spiro atoms. The van der Waals surface area contributed by atoms with Crippen LogP contribution < -0.4 is 4.74 Å². The Labute approximate surface area is 109 Å². The maximum Gasteiger partial charge on any atom is 0.337 e. The quantitative estimate of drug-likeness (QED) is 0.924. The molecule has 18 heavy (non-hydrogen) atoms. The number of aromatic carboxylic acids is 1. The molecule has 0 fully saturated rings. The van der Waals surface area contributed by atoms with Gasteiger partial charge in [-0.25, -0.2) is 4.79 Å². The standard InChI is InChI=1S/C13H10ClNO3/c1-18-8-2-3-12(14)10(6-8)9-4-5-15-7-11(9)13(16)17/h2-7H,1H3,(H,16,17). The number of hydrogen-bond acceptors (Lipinski definition) is 3. The number of benzene rings is 1. The Morgan fingerprint density at radius 2 is 2.11 bits per heavy atom. The van der Waals surface area contributed by atoms with Gasteiger partial charge >= 0.3 is 5.97 Å². The van der Waals surface area contributed by atoms with Gasteiger partial charge < -0.3 is 9.84 Å². The fourth-order valence-electron chi connectivity index (χ4n) is 1.64. The third-order valence-corrected chi connectivity index (χ3v) is 2.84. The van der Waals surface area contributed by atoms with Gasteiger partial charge in [-0.1, -0.05) is 11.6 Å². The number of rotatable bonds is 3. The third kappa shape index (κ3) is 2.28. The number of carboxylic acid groups (broad SMARTS) is 1. The van der Waals surface area contributed by atoms with Gasteiger partial charge in [-0.05, 0) is 24.3 Å². The molecule has 92 valence electrons. The number of nitrogens with zero attached hydrogens (tertiary/aromatic N) is 1. The van der Waals surface area contributed by atoms with E-state index in [2.05, 4.69) is 4.98 Å². The van der Waals surface area contributed by atoms with Crippen LogP contribution >= 0.6 is 11.6 Å². The van der Waals surface area contributed by atoms with Crippen molar-refractivity contribution < 1.29 is 14.6 Å². The number of pyridine rings is 1. The summed E-state index contributed by atoms with van der Waals surface area (Å²) >= 11 is 6.10. The number of methoxy groups -OCH3 is 1. The van der Waals surface area contributed by atoms with Gasteiger partial charge in [0.2, 0.25) is 0 Å². The van der Waals surface area contributed by atoms with Gasteiger partial charge in [0, 0.05) is 28.5 Å². The van der Waals surface area contributed by atoms with Gasteiger partial charge in [0.05, 0.1) is 12.7 Å². The van der Waals surface area contributed by atoms with Crippen molar-refractivity contribution in [2.24, 2.45) is 0 Å². The minimum atomic E-state index is -1.04. The molecule has 0 atom stereocenters. The van der Waals surface area contributed by atoms with Crippen LogP contribution in [0, 0.1) is 0 Å². The molecule has 4 nitrogen and oxygen atoms in total. The smallest absolute Gasteiger partial charge is 0.337 e. The number of aromatic nitrogens is 1. The maximum atomic E-state index is 11.1. The molecule has 0 radical (unpaired) electrons. The van der Waals surface area contributed by atoms with Crippen LogP contribution in [0.3, 0.4) is 0 Å². The largest absolute Gasteiger partial charge is 0.497 e. The molecule has 1 N–H and O–H groups in total. The molecule has 0 aliphatic carbocycles. The summed E-state index contributed by atoms with van der Waals surface area (Å²) in [5.74, 6) is -0.431. The number of hydrogen-bond donors (Lipinski definition) is 1. The molecule has 2 rings (SSSR count). The Morgan fingerprint density at radius 3 is 2.78 bits per heavy atom. The van der Waals surface area contributed by atoms with Crippen molar-refractivity contribution in [1.82, 2.24) is 4.98 Å². The first-order chi connectivity index (χ1) is 8.63. The van der Waals surface area contributed by atoms with Crippen LogP contribution in [0.1, 0.15) is 10.4 Å². The van der Waals surface area contributed by atoms with Crippen molar-refractivity contribution in [1.29, 1.82) is 0 Å². The van der Waals surface area contributed by atoms with E-state index in [1.165, 1.54) is 19.5 Å². The number of ether oxygens (including phenoxy) is 1. The summed E-state index contributed by atoms with van der Waals surface area (Å²) in [5.41, 5.74) is 1.23. The van der Waals surface area contributed by atoms with Gasteiger partial charge in [-0.2, -0.15) is 0 Å². The maximum absolute atomic E-state index is 11.1. The molecule has 1 aromatic carbocycles. The molecule has 1 heterocycles. The SMILES string of the molecule is COc1ccc(Cl)c(-c2ccncc2C(=O)O)c1. The van der Waals surface area contributed by atoms with Crippen molar-refractivity contribution in [3.63, 3.8) is 0 Å². The summed E-state index contributed by atoms with van der Waals surface area (Å²) in [5, 5.41) is 9.59. The van der Waals surface area contributed by atoms with Gasteiger partial charge in [-0.15, -0.1) is 0 Å². The highest BCUT2D eigenvalue weighted by Gasteiger charge is 2.14. The lowest BCUT2D eigenvalue weighted by Crippen LogP contribution is -2.00. The normalized spacial score (nSPS) is 10.1. The average Bonchev–Trinajstić information content (AvgIpc) is 2.39. The van der Waals surface area contributed by atoms with E-state index in [1.807, 2.05) is 0 Å². The van der Waals surface area contributed by atoms with Gasteiger partial charge in [0.15, 0.2) is 0 Å². The highest BCUT2D eigenvalue weighted by atomic mass is 35.5. The summed E-state index contributed by atoms with van der Waals surface area (Å²) in [6.07, 6.45) is 2.82. The molecule has 0 aliphatic heterocycles. The van der Waals surface area contributed by atoms with E-state index in [-0.39, 0.29) is 5.56 Å². The Balaban J connectivity index is 2.65. The van der Waals surface area contributed by atoms with E-state index in [9.17, 15) is 4.79 Å². The van der Waals surface area contributed by atoms with E-state index >= 15 is 0 Å². The fourth-order valence-corrected chi connectivity index (χ4v) is 1.86. The summed E-state index contributed by atoms with van der Waals surface area (Å²) in [7, 11) is 1.54. The average molecular weight is 264 g/mol. The zero-order valence-corrected chi connectivity index (χ0v) is 10.3. The van der Waals surface area contributed by atoms with Crippen LogP contribution in [-0.2, 0) is 0 Å². The molecule has 0 saturated carbocycles. The molecule has 0 amide bonds. The van der Waals surface area contributed by atoms with Crippen LogP contribution in [0.2, 0.25) is 5.02 Å². The predicted octanol–water partition coefficient (Wildman–Crippen LogP) is 3.11. The highest BCUT2D eigenvalue weighted by molar-refractivity contribution is 6.33. The van der Waals surface area contributed by atoms with Crippen LogP contribution in [0.5, 0.6) is 5.75 Å². The minimum Gasteiger partial charge on any atom is -0.497 e. The molecule has 0 aliphatic rings. The lowest BCUT2D eigenvalue weighted by molar-refractivity contribution is 0.0697. The topological polar surface area (TPSA) is 59.4 Å². The zero-order chi connectivity index (χ0) is 13.1. The third-order valence-electron chi connectivity index (χ3n) is 2.52. The Morgan fingerprint density at radius 1 is 1.33 bits per heavy atom. The molecule has 0 unspecified atom stereocenters.